The molecule has 0 spiro atoms. The predicted octanol–water partition coefficient (Wildman–Crippen LogP) is 1.96. The molecule has 2 N–H and O–H groups in total. The average Bonchev–Trinajstić information content (AvgIpc) is 2.65. The molecule has 1 unspecified atom stereocenters. The molecule has 0 aliphatic carbocycles. The Morgan fingerprint density at radius 3 is 2.38 bits per heavy atom. The maximum Gasteiger partial charge on any atom is 0.410 e. The number of nitrogens with one attached hydrogen (secondary N) is 2. The molecule has 29 heavy (non-hydrogen) atoms. The summed E-state index contributed by atoms with van der Waals surface area (Å²) >= 11 is 0. The fourth-order valence-corrected chi connectivity index (χ4v) is 3.41. The van der Waals surface area contributed by atoms with Crippen molar-refractivity contribution in [3.05, 3.63) is 29.8 Å². The summed E-state index contributed by atoms with van der Waals surface area (Å²) in [6.07, 6.45) is 0.617. The first kappa shape index (κ1) is 21.1. The van der Waals surface area contributed by atoms with E-state index in [9.17, 15) is 14.4 Å². The molecule has 1 aromatic carbocycles. The van der Waals surface area contributed by atoms with Gasteiger partial charge in [0, 0.05) is 44.8 Å². The van der Waals surface area contributed by atoms with Gasteiger partial charge in [0.15, 0.2) is 0 Å². The van der Waals surface area contributed by atoms with Gasteiger partial charge in [0.2, 0.25) is 11.8 Å². The third-order valence-electron chi connectivity index (χ3n) is 4.96. The minimum atomic E-state index is -0.474. The summed E-state index contributed by atoms with van der Waals surface area (Å²) in [4.78, 5) is 39.3. The largest absolute Gasteiger partial charge is 0.444 e. The Morgan fingerprint density at radius 1 is 1.14 bits per heavy atom. The van der Waals surface area contributed by atoms with Crippen LogP contribution in [0.4, 0.5) is 10.5 Å². The second-order valence-corrected chi connectivity index (χ2v) is 8.59. The molecule has 2 saturated heterocycles. The third-order valence-corrected chi connectivity index (χ3v) is 4.96. The first-order valence-electron chi connectivity index (χ1n) is 10.1. The van der Waals surface area contributed by atoms with E-state index < -0.39 is 5.60 Å². The van der Waals surface area contributed by atoms with Crippen molar-refractivity contribution in [1.82, 2.24) is 15.1 Å². The van der Waals surface area contributed by atoms with Gasteiger partial charge in [-0.3, -0.25) is 19.8 Å². The number of ether oxygens (including phenoxy) is 1. The number of amides is 3. The minimum absolute atomic E-state index is 0.213. The third kappa shape index (κ3) is 6.19. The molecule has 2 aliphatic heterocycles. The normalized spacial score (nSPS) is 20.9. The number of piperazine rings is 1. The number of carbonyl (C=O) groups excluding carboxylic acids is 3. The van der Waals surface area contributed by atoms with Gasteiger partial charge in [-0.25, -0.2) is 4.79 Å². The standard InChI is InChI=1S/C21H30N4O4/c1-21(2,3)29-20(28)25-12-10-24(11-13-25)14-15-4-6-16(7-5-15)22-17-8-9-18(26)23-19(17)27/h4-7,17,22H,8-14H2,1-3H3,(H,23,26,27). The molecule has 0 bridgehead atoms. The summed E-state index contributed by atoms with van der Waals surface area (Å²) in [5.74, 6) is -0.483. The number of hydrogen-bond acceptors (Lipinski definition) is 6. The fourth-order valence-electron chi connectivity index (χ4n) is 3.41. The Balaban J connectivity index is 1.45. The van der Waals surface area contributed by atoms with Gasteiger partial charge in [-0.2, -0.15) is 0 Å². The van der Waals surface area contributed by atoms with Crippen molar-refractivity contribution >= 4 is 23.6 Å². The second kappa shape index (κ2) is 8.82. The van der Waals surface area contributed by atoms with Gasteiger partial charge in [0.25, 0.3) is 0 Å². The van der Waals surface area contributed by atoms with E-state index in [1.165, 1.54) is 5.56 Å². The van der Waals surface area contributed by atoms with Crippen LogP contribution in [0.15, 0.2) is 24.3 Å². The van der Waals surface area contributed by atoms with E-state index in [0.29, 0.717) is 25.9 Å². The molecule has 2 fully saturated rings. The Hall–Kier alpha value is -2.61. The van der Waals surface area contributed by atoms with Crippen LogP contribution in [0.5, 0.6) is 0 Å². The monoisotopic (exact) mass is 402 g/mol. The van der Waals surface area contributed by atoms with Gasteiger partial charge in [0.05, 0.1) is 0 Å². The van der Waals surface area contributed by atoms with Crippen molar-refractivity contribution < 1.29 is 19.1 Å². The van der Waals surface area contributed by atoms with E-state index in [4.69, 9.17) is 4.74 Å². The van der Waals surface area contributed by atoms with Crippen LogP contribution in [0.3, 0.4) is 0 Å². The van der Waals surface area contributed by atoms with E-state index in [-0.39, 0.29) is 23.9 Å². The Bertz CT molecular complexity index is 749. The lowest BCUT2D eigenvalue weighted by atomic mass is 10.1. The molecule has 2 heterocycles. The highest BCUT2D eigenvalue weighted by Crippen LogP contribution is 2.17. The maximum absolute atomic E-state index is 12.2. The number of benzene rings is 1. The molecule has 0 aromatic heterocycles. The van der Waals surface area contributed by atoms with Gasteiger partial charge < -0.3 is 15.0 Å². The number of carbonyl (C=O) groups is 3. The summed E-state index contributed by atoms with van der Waals surface area (Å²) in [6.45, 7) is 9.35. The molecule has 8 nitrogen and oxygen atoms in total. The van der Waals surface area contributed by atoms with Gasteiger partial charge in [-0.05, 0) is 44.9 Å². The van der Waals surface area contributed by atoms with Gasteiger partial charge >= 0.3 is 6.09 Å². The highest BCUT2D eigenvalue weighted by Gasteiger charge is 2.27. The van der Waals surface area contributed by atoms with Gasteiger partial charge in [0.1, 0.15) is 11.6 Å². The van der Waals surface area contributed by atoms with Crippen LogP contribution in [-0.2, 0) is 20.9 Å². The SMILES string of the molecule is CC(C)(C)OC(=O)N1CCN(Cc2ccc(NC3CCC(=O)NC3=O)cc2)CC1. The molecule has 1 atom stereocenters. The molecule has 8 heteroatoms. The Morgan fingerprint density at radius 2 is 1.79 bits per heavy atom. The van der Waals surface area contributed by atoms with Crippen molar-refractivity contribution in [2.45, 2.75) is 51.8 Å². The van der Waals surface area contributed by atoms with Gasteiger partial charge in [-0.15, -0.1) is 0 Å². The van der Waals surface area contributed by atoms with E-state index in [2.05, 4.69) is 15.5 Å². The number of piperidine rings is 1. The fraction of sp³-hybridized carbons (Fsp3) is 0.571. The zero-order valence-corrected chi connectivity index (χ0v) is 17.4. The number of rotatable bonds is 4. The molecule has 0 saturated carbocycles. The number of hydrogen-bond donors (Lipinski definition) is 2. The molecular formula is C21H30N4O4. The zero-order chi connectivity index (χ0) is 21.0. The lowest BCUT2D eigenvalue weighted by Crippen LogP contribution is -2.49. The number of nitrogens with zero attached hydrogens (tertiary/aromatic N) is 2. The summed E-state index contributed by atoms with van der Waals surface area (Å²) in [5, 5.41) is 5.54. The van der Waals surface area contributed by atoms with E-state index in [1.807, 2.05) is 45.0 Å². The smallest absolute Gasteiger partial charge is 0.410 e. The van der Waals surface area contributed by atoms with Crippen LogP contribution in [0, 0.1) is 0 Å². The lowest BCUT2D eigenvalue weighted by molar-refractivity contribution is -0.133. The number of anilines is 1. The molecule has 1 aromatic rings. The van der Waals surface area contributed by atoms with Crippen molar-refractivity contribution in [1.29, 1.82) is 0 Å². The first-order valence-corrected chi connectivity index (χ1v) is 10.1. The average molecular weight is 402 g/mol. The highest BCUT2D eigenvalue weighted by molar-refractivity contribution is 6.01. The number of imide groups is 1. The predicted molar refractivity (Wildman–Crippen MR) is 109 cm³/mol. The summed E-state index contributed by atoms with van der Waals surface area (Å²) in [6, 6.07) is 7.61. The summed E-state index contributed by atoms with van der Waals surface area (Å²) < 4.78 is 5.43. The van der Waals surface area contributed by atoms with Crippen LogP contribution in [-0.4, -0.2) is 65.5 Å². The topological polar surface area (TPSA) is 91.0 Å². The first-order chi connectivity index (χ1) is 13.7. The zero-order valence-electron chi connectivity index (χ0n) is 17.4. The lowest BCUT2D eigenvalue weighted by Gasteiger charge is -2.35. The molecule has 3 rings (SSSR count). The van der Waals surface area contributed by atoms with Crippen molar-refractivity contribution in [2.75, 3.05) is 31.5 Å². The van der Waals surface area contributed by atoms with Crippen molar-refractivity contribution in [3.8, 4) is 0 Å². The highest BCUT2D eigenvalue weighted by atomic mass is 16.6. The Labute approximate surface area is 171 Å². The van der Waals surface area contributed by atoms with Crippen LogP contribution in [0.25, 0.3) is 0 Å². The molecule has 3 amide bonds. The Kier molecular flexibility index (Phi) is 6.42. The van der Waals surface area contributed by atoms with Crippen LogP contribution >= 0.6 is 0 Å². The van der Waals surface area contributed by atoms with E-state index >= 15 is 0 Å². The maximum atomic E-state index is 12.2. The van der Waals surface area contributed by atoms with E-state index in [0.717, 1.165) is 25.3 Å². The second-order valence-electron chi connectivity index (χ2n) is 8.59. The van der Waals surface area contributed by atoms with Crippen molar-refractivity contribution in [3.63, 3.8) is 0 Å². The summed E-state index contributed by atoms with van der Waals surface area (Å²) in [7, 11) is 0. The van der Waals surface area contributed by atoms with Crippen molar-refractivity contribution in [2.24, 2.45) is 0 Å². The molecule has 2 aliphatic rings. The van der Waals surface area contributed by atoms with E-state index in [1.54, 1.807) is 4.90 Å². The quantitative estimate of drug-likeness (QED) is 0.748. The van der Waals surface area contributed by atoms with Gasteiger partial charge in [-0.1, -0.05) is 12.1 Å². The summed E-state index contributed by atoms with van der Waals surface area (Å²) in [5.41, 5.74) is 1.56. The molecule has 158 valence electrons. The van der Waals surface area contributed by atoms with Crippen LogP contribution in [0.1, 0.15) is 39.2 Å². The van der Waals surface area contributed by atoms with Crippen LogP contribution < -0.4 is 10.6 Å². The molecule has 0 radical (unpaired) electrons. The molecular weight excluding hydrogens is 372 g/mol. The van der Waals surface area contributed by atoms with Crippen LogP contribution in [0.2, 0.25) is 0 Å². The minimum Gasteiger partial charge on any atom is -0.444 e.